The van der Waals surface area contributed by atoms with Crippen LogP contribution >= 0.6 is 24.0 Å². The quantitative estimate of drug-likeness (QED) is 0.269. The second-order valence-electron chi connectivity index (χ2n) is 8.04. The van der Waals surface area contributed by atoms with Crippen LogP contribution in [0.3, 0.4) is 0 Å². The summed E-state index contributed by atoms with van der Waals surface area (Å²) in [5.41, 5.74) is 1.36. The summed E-state index contributed by atoms with van der Waals surface area (Å²) in [7, 11) is 3.51. The van der Waals surface area contributed by atoms with Crippen molar-refractivity contribution in [3.63, 3.8) is 0 Å². The van der Waals surface area contributed by atoms with E-state index in [1.807, 2.05) is 0 Å². The maximum absolute atomic E-state index is 12.0. The van der Waals surface area contributed by atoms with E-state index in [1.165, 1.54) is 5.56 Å². The zero-order valence-electron chi connectivity index (χ0n) is 19.5. The molecule has 0 saturated carbocycles. The number of benzene rings is 1. The highest BCUT2D eigenvalue weighted by atomic mass is 127. The van der Waals surface area contributed by atoms with E-state index in [0.29, 0.717) is 5.96 Å². The van der Waals surface area contributed by atoms with Crippen LogP contribution in [0.25, 0.3) is 0 Å². The predicted molar refractivity (Wildman–Crippen MR) is 138 cm³/mol. The minimum Gasteiger partial charge on any atom is -0.379 e. The Morgan fingerprint density at radius 2 is 1.77 bits per heavy atom. The number of hydrogen-bond acceptors (Lipinski definition) is 4. The van der Waals surface area contributed by atoms with E-state index in [-0.39, 0.29) is 41.8 Å². The van der Waals surface area contributed by atoms with Crippen molar-refractivity contribution in [2.75, 3.05) is 66.6 Å². The molecule has 1 aliphatic rings. The van der Waals surface area contributed by atoms with Crippen LogP contribution in [0.5, 0.6) is 0 Å². The smallest absolute Gasteiger partial charge is 0.243 e. The Morgan fingerprint density at radius 1 is 1.13 bits per heavy atom. The second-order valence-corrected chi connectivity index (χ2v) is 8.04. The van der Waals surface area contributed by atoms with Gasteiger partial charge in [-0.2, -0.15) is 0 Å². The number of rotatable bonds is 10. The van der Waals surface area contributed by atoms with Crippen LogP contribution < -0.4 is 10.6 Å². The fourth-order valence-corrected chi connectivity index (χ4v) is 3.67. The first-order chi connectivity index (χ1) is 14.5. The molecule has 0 atom stereocenters. The topological polar surface area (TPSA) is 69.2 Å². The molecule has 1 aromatic rings. The molecule has 1 amide bonds. The van der Waals surface area contributed by atoms with Gasteiger partial charge >= 0.3 is 0 Å². The molecule has 2 rings (SSSR count). The first-order valence-corrected chi connectivity index (χ1v) is 11.1. The van der Waals surface area contributed by atoms with Gasteiger partial charge in [0.25, 0.3) is 0 Å². The SMILES string of the molecule is CCC(CC)(CNC(=NCC(=O)N(C)C)NCCN1CCOCC1)c1ccccc1.I. The molecule has 0 radical (unpaired) electrons. The van der Waals surface area contributed by atoms with Gasteiger partial charge in [-0.3, -0.25) is 9.69 Å². The fraction of sp³-hybridized carbons (Fsp3) is 0.652. The number of amides is 1. The Kier molecular flexibility index (Phi) is 13.0. The van der Waals surface area contributed by atoms with E-state index >= 15 is 0 Å². The summed E-state index contributed by atoms with van der Waals surface area (Å²) in [5.74, 6) is 0.685. The van der Waals surface area contributed by atoms with E-state index in [4.69, 9.17) is 4.74 Å². The molecule has 0 bridgehead atoms. The Morgan fingerprint density at radius 3 is 2.35 bits per heavy atom. The second kappa shape index (κ2) is 14.6. The molecule has 0 aromatic heterocycles. The van der Waals surface area contributed by atoms with Gasteiger partial charge in [0.1, 0.15) is 6.54 Å². The zero-order valence-corrected chi connectivity index (χ0v) is 21.9. The van der Waals surface area contributed by atoms with Gasteiger partial charge in [-0.15, -0.1) is 24.0 Å². The van der Waals surface area contributed by atoms with Crippen molar-refractivity contribution in [1.82, 2.24) is 20.4 Å². The summed E-state index contributed by atoms with van der Waals surface area (Å²) < 4.78 is 5.42. The largest absolute Gasteiger partial charge is 0.379 e. The van der Waals surface area contributed by atoms with Gasteiger partial charge in [-0.1, -0.05) is 44.2 Å². The summed E-state index contributed by atoms with van der Waals surface area (Å²) in [4.78, 5) is 20.5. The Labute approximate surface area is 205 Å². The van der Waals surface area contributed by atoms with Crippen LogP contribution in [0, 0.1) is 0 Å². The van der Waals surface area contributed by atoms with Gasteiger partial charge in [0.2, 0.25) is 5.91 Å². The third-order valence-electron chi connectivity index (χ3n) is 6.03. The van der Waals surface area contributed by atoms with Crippen LogP contribution in [0.1, 0.15) is 32.3 Å². The third-order valence-corrected chi connectivity index (χ3v) is 6.03. The molecule has 8 heteroatoms. The lowest BCUT2D eigenvalue weighted by Crippen LogP contribution is -2.48. The number of aliphatic imine (C=N–C) groups is 1. The molecule has 1 fully saturated rings. The molecular formula is C23H40IN5O2. The van der Waals surface area contributed by atoms with Crippen LogP contribution in [-0.2, 0) is 14.9 Å². The summed E-state index contributed by atoms with van der Waals surface area (Å²) in [5, 5.41) is 6.94. The number of morpholine rings is 1. The summed E-state index contributed by atoms with van der Waals surface area (Å²) in [6.07, 6.45) is 2.05. The molecule has 7 nitrogen and oxygen atoms in total. The van der Waals surface area contributed by atoms with Crippen molar-refractivity contribution in [2.45, 2.75) is 32.1 Å². The van der Waals surface area contributed by atoms with Gasteiger partial charge in [-0.05, 0) is 18.4 Å². The standard InChI is InChI=1S/C23H39N5O2.HI/c1-5-23(6-2,20-10-8-7-9-11-20)19-26-22(25-18-21(29)27(3)4)24-12-13-28-14-16-30-17-15-28;/h7-11H,5-6,12-19H2,1-4H3,(H2,24,25,26);1H. The average molecular weight is 546 g/mol. The molecule has 1 heterocycles. The summed E-state index contributed by atoms with van der Waals surface area (Å²) in [6.45, 7) is 10.6. The molecule has 1 saturated heterocycles. The highest BCUT2D eigenvalue weighted by molar-refractivity contribution is 14.0. The van der Waals surface area contributed by atoms with Gasteiger partial charge < -0.3 is 20.3 Å². The number of guanidine groups is 1. The zero-order chi connectivity index (χ0) is 21.8. The number of carbonyl (C=O) groups is 1. The highest BCUT2D eigenvalue weighted by Gasteiger charge is 2.28. The predicted octanol–water partition coefficient (Wildman–Crippen LogP) is 2.32. The van der Waals surface area contributed by atoms with Crippen LogP contribution in [0.15, 0.2) is 35.3 Å². The monoisotopic (exact) mass is 545 g/mol. The van der Waals surface area contributed by atoms with Gasteiger partial charge in [0.05, 0.1) is 13.2 Å². The molecule has 0 aliphatic carbocycles. The van der Waals surface area contributed by atoms with Crippen molar-refractivity contribution >= 4 is 35.8 Å². The summed E-state index contributed by atoms with van der Waals surface area (Å²) in [6, 6.07) is 10.7. The van der Waals surface area contributed by atoms with E-state index in [1.54, 1.807) is 19.0 Å². The third kappa shape index (κ3) is 8.94. The Balaban J connectivity index is 0.00000480. The number of carbonyl (C=O) groups excluding carboxylic acids is 1. The highest BCUT2D eigenvalue weighted by Crippen LogP contribution is 2.30. The molecule has 0 spiro atoms. The van der Waals surface area contributed by atoms with E-state index in [2.05, 4.69) is 64.7 Å². The molecule has 1 aliphatic heterocycles. The van der Waals surface area contributed by atoms with E-state index < -0.39 is 0 Å². The number of ether oxygens (including phenoxy) is 1. The maximum atomic E-state index is 12.0. The van der Waals surface area contributed by atoms with E-state index in [9.17, 15) is 4.79 Å². The molecule has 176 valence electrons. The molecule has 2 N–H and O–H groups in total. The van der Waals surface area contributed by atoms with Crippen molar-refractivity contribution in [3.05, 3.63) is 35.9 Å². The minimum atomic E-state index is -0.00964. The van der Waals surface area contributed by atoms with Crippen molar-refractivity contribution in [3.8, 4) is 0 Å². The lowest BCUT2D eigenvalue weighted by molar-refractivity contribution is -0.127. The number of hydrogen-bond donors (Lipinski definition) is 2. The van der Waals surface area contributed by atoms with Gasteiger partial charge in [0, 0.05) is 52.2 Å². The number of likely N-dealkylation sites (N-methyl/N-ethyl adjacent to an activating group) is 1. The van der Waals surface area contributed by atoms with E-state index in [0.717, 1.165) is 58.8 Å². The molecule has 1 aromatic carbocycles. The van der Waals surface area contributed by atoms with Gasteiger partial charge in [0.15, 0.2) is 5.96 Å². The average Bonchev–Trinajstić information content (AvgIpc) is 2.79. The Hall–Kier alpha value is -1.39. The molecule has 0 unspecified atom stereocenters. The van der Waals surface area contributed by atoms with Crippen molar-refractivity contribution in [1.29, 1.82) is 0 Å². The van der Waals surface area contributed by atoms with Crippen LogP contribution in [-0.4, -0.2) is 88.2 Å². The summed E-state index contributed by atoms with van der Waals surface area (Å²) >= 11 is 0. The number of nitrogens with one attached hydrogen (secondary N) is 2. The number of nitrogens with zero attached hydrogens (tertiary/aromatic N) is 3. The number of halogens is 1. The van der Waals surface area contributed by atoms with Gasteiger partial charge in [-0.25, -0.2) is 4.99 Å². The minimum absolute atomic E-state index is 0. The van der Waals surface area contributed by atoms with Crippen molar-refractivity contribution in [2.24, 2.45) is 4.99 Å². The normalized spacial score (nSPS) is 15.2. The fourth-order valence-electron chi connectivity index (χ4n) is 3.67. The lowest BCUT2D eigenvalue weighted by Gasteiger charge is -2.33. The Bertz CT molecular complexity index is 659. The van der Waals surface area contributed by atoms with Crippen molar-refractivity contribution < 1.29 is 9.53 Å². The molecular weight excluding hydrogens is 505 g/mol. The molecule has 31 heavy (non-hydrogen) atoms. The first kappa shape index (κ1) is 27.6. The van der Waals surface area contributed by atoms with Crippen LogP contribution in [0.4, 0.5) is 0 Å². The first-order valence-electron chi connectivity index (χ1n) is 11.1. The van der Waals surface area contributed by atoms with Crippen LogP contribution in [0.2, 0.25) is 0 Å². The lowest BCUT2D eigenvalue weighted by atomic mass is 9.76. The maximum Gasteiger partial charge on any atom is 0.243 e.